The number of pyridine rings is 1. The van der Waals surface area contributed by atoms with E-state index in [9.17, 15) is 17.2 Å². The molecule has 0 amide bonds. The lowest BCUT2D eigenvalue weighted by Crippen LogP contribution is -2.42. The Labute approximate surface area is 156 Å². The van der Waals surface area contributed by atoms with E-state index >= 15 is 0 Å². The third-order valence-corrected chi connectivity index (χ3v) is 5.21. The molecule has 1 aromatic heterocycles. The number of halogens is 2. The Morgan fingerprint density at radius 2 is 2.00 bits per heavy atom. The van der Waals surface area contributed by atoms with Crippen molar-refractivity contribution in [2.45, 2.75) is 30.4 Å². The van der Waals surface area contributed by atoms with E-state index in [0.29, 0.717) is 6.54 Å². The van der Waals surface area contributed by atoms with Crippen LogP contribution >= 0.6 is 0 Å². The Balaban J connectivity index is 1.70. The summed E-state index contributed by atoms with van der Waals surface area (Å²) in [6.45, 7) is -1.45. The van der Waals surface area contributed by atoms with Gasteiger partial charge in [0.15, 0.2) is 0 Å². The number of sulfonamides is 1. The van der Waals surface area contributed by atoms with E-state index in [1.54, 1.807) is 12.1 Å². The second-order valence-corrected chi connectivity index (χ2v) is 7.73. The first-order chi connectivity index (χ1) is 12.8. The lowest BCUT2D eigenvalue weighted by molar-refractivity contribution is -0.0498. The van der Waals surface area contributed by atoms with Crippen molar-refractivity contribution in [2.75, 3.05) is 23.3 Å². The lowest BCUT2D eigenvalue weighted by atomic mass is 10.0. The predicted molar refractivity (Wildman–Crippen MR) is 97.5 cm³/mol. The lowest BCUT2D eigenvalue weighted by Gasteiger charge is -2.35. The van der Waals surface area contributed by atoms with Crippen LogP contribution in [0.15, 0.2) is 47.5 Å². The molecule has 0 radical (unpaired) electrons. The summed E-state index contributed by atoms with van der Waals surface area (Å²) >= 11 is 0. The minimum atomic E-state index is -3.88. The summed E-state index contributed by atoms with van der Waals surface area (Å²) in [4.78, 5) is 6.14. The van der Waals surface area contributed by atoms with Crippen LogP contribution in [0.4, 0.5) is 20.3 Å². The van der Waals surface area contributed by atoms with Gasteiger partial charge in [0.2, 0.25) is 10.0 Å². The van der Waals surface area contributed by atoms with E-state index in [4.69, 9.17) is 5.14 Å². The van der Waals surface area contributed by atoms with Gasteiger partial charge in [-0.3, -0.25) is 0 Å². The van der Waals surface area contributed by atoms with Gasteiger partial charge in [-0.2, -0.15) is 8.78 Å². The Morgan fingerprint density at radius 3 is 2.67 bits per heavy atom. The number of nitrogens with zero attached hydrogens (tertiary/aromatic N) is 2. The summed E-state index contributed by atoms with van der Waals surface area (Å²) in [6.07, 6.45) is 3.22. The van der Waals surface area contributed by atoms with Crippen LogP contribution in [0.25, 0.3) is 0 Å². The van der Waals surface area contributed by atoms with E-state index in [0.717, 1.165) is 25.1 Å². The summed E-state index contributed by atoms with van der Waals surface area (Å²) in [7, 11) is -3.88. The highest BCUT2D eigenvalue weighted by Gasteiger charge is 2.23. The molecule has 3 N–H and O–H groups in total. The number of alkyl halides is 2. The molecule has 0 spiro atoms. The fourth-order valence-electron chi connectivity index (χ4n) is 3.09. The van der Waals surface area contributed by atoms with Crippen LogP contribution in [-0.2, 0) is 10.0 Å². The highest BCUT2D eigenvalue weighted by Crippen LogP contribution is 2.26. The summed E-state index contributed by atoms with van der Waals surface area (Å²) in [6, 6.07) is 9.32. The largest absolute Gasteiger partial charge is 0.435 e. The zero-order valence-corrected chi connectivity index (χ0v) is 15.2. The van der Waals surface area contributed by atoms with Crippen molar-refractivity contribution >= 4 is 21.5 Å². The third-order valence-electron chi connectivity index (χ3n) is 4.27. The summed E-state index contributed by atoms with van der Waals surface area (Å²) < 4.78 is 52.3. The molecule has 146 valence electrons. The summed E-state index contributed by atoms with van der Waals surface area (Å²) in [5.41, 5.74) is 0.871. The second-order valence-electron chi connectivity index (χ2n) is 6.20. The number of aromatic nitrogens is 1. The van der Waals surface area contributed by atoms with Crippen LogP contribution in [0.1, 0.15) is 12.8 Å². The van der Waals surface area contributed by atoms with Crippen molar-refractivity contribution in [3.63, 3.8) is 0 Å². The van der Waals surface area contributed by atoms with Gasteiger partial charge in [0.25, 0.3) is 0 Å². The quantitative estimate of drug-likeness (QED) is 0.776. The van der Waals surface area contributed by atoms with Gasteiger partial charge in [-0.15, -0.1) is 0 Å². The van der Waals surface area contributed by atoms with Crippen molar-refractivity contribution < 1.29 is 21.9 Å². The molecule has 0 saturated carbocycles. The Kier molecular flexibility index (Phi) is 5.76. The van der Waals surface area contributed by atoms with Crippen molar-refractivity contribution in [3.8, 4) is 5.75 Å². The average Bonchev–Trinajstić information content (AvgIpc) is 2.62. The maximum atomic E-state index is 12.3. The van der Waals surface area contributed by atoms with Gasteiger partial charge in [0.05, 0.1) is 0 Å². The van der Waals surface area contributed by atoms with Gasteiger partial charge in [-0.25, -0.2) is 18.5 Å². The van der Waals surface area contributed by atoms with Crippen LogP contribution in [0.5, 0.6) is 5.75 Å². The predicted octanol–water partition coefficient (Wildman–Crippen LogP) is 2.41. The molecular weight excluding hydrogens is 378 g/mol. The molecule has 3 rings (SSSR count). The molecule has 1 aliphatic heterocycles. The normalized spacial score (nSPS) is 17.8. The number of rotatable bonds is 6. The average molecular weight is 398 g/mol. The van der Waals surface area contributed by atoms with Crippen LogP contribution in [-0.4, -0.2) is 39.1 Å². The highest BCUT2D eigenvalue weighted by molar-refractivity contribution is 7.89. The Morgan fingerprint density at radius 1 is 1.26 bits per heavy atom. The fourth-order valence-corrected chi connectivity index (χ4v) is 3.74. The molecular formula is C17H20F2N4O3S. The number of primary sulfonamides is 1. The molecule has 1 aromatic carbocycles. The highest BCUT2D eigenvalue weighted by atomic mass is 32.2. The molecule has 27 heavy (non-hydrogen) atoms. The maximum Gasteiger partial charge on any atom is 0.387 e. The molecule has 1 saturated heterocycles. The minimum absolute atomic E-state index is 0.0360. The number of ether oxygens (including phenoxy) is 1. The summed E-state index contributed by atoms with van der Waals surface area (Å²) in [5.74, 6) is 0.333. The smallest absolute Gasteiger partial charge is 0.387 e. The third kappa shape index (κ3) is 5.04. The fraction of sp³-hybridized carbons (Fsp3) is 0.353. The molecule has 1 atom stereocenters. The standard InChI is InChI=1S/C17H20F2N4O3S/c18-17(19)26-14-7-5-13(6-8-14)23-10-2-3-12(11-23)22-16-15(27(20,24)25)4-1-9-21-16/h1,4-9,12,17H,2-3,10-11H2,(H,21,22)(H2,20,24,25). The van der Waals surface area contributed by atoms with Crippen molar-refractivity contribution in [3.05, 3.63) is 42.6 Å². The van der Waals surface area contributed by atoms with Crippen LogP contribution < -0.4 is 20.1 Å². The maximum absolute atomic E-state index is 12.3. The van der Waals surface area contributed by atoms with Gasteiger partial charge in [0.1, 0.15) is 16.5 Å². The number of piperidine rings is 1. The van der Waals surface area contributed by atoms with Gasteiger partial charge in [-0.05, 0) is 49.2 Å². The van der Waals surface area contributed by atoms with Crippen LogP contribution in [0, 0.1) is 0 Å². The number of nitrogens with two attached hydrogens (primary N) is 1. The molecule has 0 aliphatic carbocycles. The Bertz CT molecular complexity index is 878. The first-order valence-electron chi connectivity index (χ1n) is 8.37. The van der Waals surface area contributed by atoms with Crippen LogP contribution in [0.2, 0.25) is 0 Å². The zero-order chi connectivity index (χ0) is 19.4. The number of benzene rings is 1. The molecule has 1 fully saturated rings. The Hall–Kier alpha value is -2.46. The molecule has 1 aliphatic rings. The molecule has 10 heteroatoms. The topological polar surface area (TPSA) is 97.6 Å². The molecule has 2 heterocycles. The van der Waals surface area contributed by atoms with Gasteiger partial charge >= 0.3 is 6.61 Å². The van der Waals surface area contributed by atoms with Crippen molar-refractivity contribution in [1.82, 2.24) is 4.98 Å². The molecule has 1 unspecified atom stereocenters. The minimum Gasteiger partial charge on any atom is -0.435 e. The SMILES string of the molecule is NS(=O)(=O)c1cccnc1NC1CCCN(c2ccc(OC(F)F)cc2)C1. The number of hydrogen-bond donors (Lipinski definition) is 2. The molecule has 7 nitrogen and oxygen atoms in total. The van der Waals surface area contributed by atoms with E-state index in [1.807, 2.05) is 0 Å². The summed E-state index contributed by atoms with van der Waals surface area (Å²) in [5, 5.41) is 8.40. The van der Waals surface area contributed by atoms with E-state index < -0.39 is 16.6 Å². The van der Waals surface area contributed by atoms with Gasteiger partial charge < -0.3 is 15.0 Å². The second kappa shape index (κ2) is 8.05. The van der Waals surface area contributed by atoms with E-state index in [1.165, 1.54) is 30.5 Å². The molecule has 2 aromatic rings. The van der Waals surface area contributed by atoms with E-state index in [-0.39, 0.29) is 22.5 Å². The van der Waals surface area contributed by atoms with Crippen molar-refractivity contribution in [1.29, 1.82) is 0 Å². The number of anilines is 2. The van der Waals surface area contributed by atoms with E-state index in [2.05, 4.69) is 19.9 Å². The number of nitrogens with one attached hydrogen (secondary N) is 1. The molecule has 0 bridgehead atoms. The zero-order valence-electron chi connectivity index (χ0n) is 14.4. The van der Waals surface area contributed by atoms with Gasteiger partial charge in [0, 0.05) is 31.0 Å². The number of hydrogen-bond acceptors (Lipinski definition) is 6. The monoisotopic (exact) mass is 398 g/mol. The first-order valence-corrected chi connectivity index (χ1v) is 9.92. The van der Waals surface area contributed by atoms with Crippen LogP contribution in [0.3, 0.4) is 0 Å². The van der Waals surface area contributed by atoms with Crippen molar-refractivity contribution in [2.24, 2.45) is 5.14 Å². The first kappa shape index (κ1) is 19.3. The van der Waals surface area contributed by atoms with Gasteiger partial charge in [-0.1, -0.05) is 0 Å².